The molecule has 0 fully saturated rings. The number of halogens is 1. The van der Waals surface area contributed by atoms with E-state index in [9.17, 15) is 5.11 Å². The summed E-state index contributed by atoms with van der Waals surface area (Å²) in [4.78, 5) is 0. The molecule has 4 rings (SSSR count). The van der Waals surface area contributed by atoms with Crippen LogP contribution in [0.1, 0.15) is 0 Å². The van der Waals surface area contributed by atoms with Crippen molar-refractivity contribution in [2.45, 2.75) is 6.54 Å². The van der Waals surface area contributed by atoms with E-state index >= 15 is 0 Å². The molecule has 2 aromatic carbocycles. The lowest BCUT2D eigenvalue weighted by molar-refractivity contribution is 0.291. The van der Waals surface area contributed by atoms with Gasteiger partial charge in [0.05, 0.1) is 29.7 Å². The maximum atomic E-state index is 9.80. The van der Waals surface area contributed by atoms with Crippen LogP contribution < -0.4 is 15.8 Å². The van der Waals surface area contributed by atoms with Crippen molar-refractivity contribution in [3.05, 3.63) is 30.3 Å². The maximum absolute atomic E-state index is 9.80. The monoisotopic (exact) mass is 362 g/mol. The van der Waals surface area contributed by atoms with Gasteiger partial charge in [-0.05, 0) is 30.3 Å². The van der Waals surface area contributed by atoms with Crippen LogP contribution in [0.25, 0.3) is 22.2 Å². The Balaban J connectivity index is 0.00000182. The first kappa shape index (κ1) is 17.3. The zero-order valence-electron chi connectivity index (χ0n) is 13.4. The Bertz CT molecular complexity index is 926. The first-order valence-electron chi connectivity index (χ1n) is 7.81. The predicted octanol–water partition coefficient (Wildman–Crippen LogP) is 2.10. The van der Waals surface area contributed by atoms with Gasteiger partial charge in [-0.3, -0.25) is 4.68 Å². The van der Waals surface area contributed by atoms with E-state index in [0.29, 0.717) is 36.8 Å². The predicted molar refractivity (Wildman–Crippen MR) is 98.5 cm³/mol. The van der Waals surface area contributed by atoms with Crippen LogP contribution >= 0.6 is 12.4 Å². The van der Waals surface area contributed by atoms with E-state index in [4.69, 9.17) is 20.7 Å². The van der Waals surface area contributed by atoms with Crippen molar-refractivity contribution >= 4 is 29.0 Å². The van der Waals surface area contributed by atoms with Gasteiger partial charge in [-0.25, -0.2) is 0 Å². The molecule has 0 spiro atoms. The van der Waals surface area contributed by atoms with Crippen LogP contribution in [0.2, 0.25) is 0 Å². The van der Waals surface area contributed by atoms with Crippen molar-refractivity contribution < 1.29 is 14.9 Å². The second-order valence-corrected chi connectivity index (χ2v) is 5.71. The molecular weight excluding hydrogens is 344 g/mol. The second-order valence-electron chi connectivity index (χ2n) is 5.71. The number of hydrogen-bond acceptors (Lipinski definition) is 6. The van der Waals surface area contributed by atoms with E-state index in [-0.39, 0.29) is 24.8 Å². The third-order valence-corrected chi connectivity index (χ3v) is 4.12. The van der Waals surface area contributed by atoms with Gasteiger partial charge in [0.1, 0.15) is 17.2 Å². The van der Waals surface area contributed by atoms with E-state index in [1.165, 1.54) is 0 Å². The smallest absolute Gasteiger partial charge is 0.161 e. The molecule has 2 heterocycles. The van der Waals surface area contributed by atoms with Crippen molar-refractivity contribution in [2.75, 3.05) is 25.4 Å². The van der Waals surface area contributed by atoms with Crippen molar-refractivity contribution in [1.82, 2.24) is 15.1 Å². The van der Waals surface area contributed by atoms with Crippen LogP contribution in [0.3, 0.4) is 0 Å². The maximum Gasteiger partial charge on any atom is 0.161 e. The molecular formula is C17H19ClN4O3. The van der Waals surface area contributed by atoms with Gasteiger partial charge in [0.25, 0.3) is 0 Å². The average Bonchev–Trinajstić information content (AvgIpc) is 2.95. The number of aromatic nitrogens is 2. The lowest BCUT2D eigenvalue weighted by Crippen LogP contribution is -2.23. The normalized spacial score (nSPS) is 11.7. The molecule has 1 aliphatic rings. The number of anilines is 1. The zero-order valence-corrected chi connectivity index (χ0v) is 14.2. The minimum absolute atomic E-state index is 0. The molecule has 0 amide bonds. The van der Waals surface area contributed by atoms with Gasteiger partial charge in [-0.2, -0.15) is 5.10 Å². The second kappa shape index (κ2) is 6.79. The van der Waals surface area contributed by atoms with Crippen LogP contribution in [0.5, 0.6) is 17.2 Å². The summed E-state index contributed by atoms with van der Waals surface area (Å²) in [5, 5.41) is 27.4. The first-order valence-corrected chi connectivity index (χ1v) is 7.81. The summed E-state index contributed by atoms with van der Waals surface area (Å²) in [7, 11) is 0. The number of nitrogen functional groups attached to an aromatic ring is 1. The fourth-order valence-corrected chi connectivity index (χ4v) is 3.02. The number of nitrogens with zero attached hydrogens (tertiary/aromatic N) is 2. The molecule has 1 aromatic heterocycles. The fraction of sp³-hybridized carbons (Fsp3) is 0.235. The van der Waals surface area contributed by atoms with Gasteiger partial charge >= 0.3 is 0 Å². The highest BCUT2D eigenvalue weighted by molar-refractivity contribution is 6.04. The van der Waals surface area contributed by atoms with E-state index < -0.39 is 0 Å². The number of fused-ring (bicyclic) bond motifs is 2. The Morgan fingerprint density at radius 2 is 2.04 bits per heavy atom. The van der Waals surface area contributed by atoms with Gasteiger partial charge in [0.15, 0.2) is 5.75 Å². The number of nitrogens with two attached hydrogens (primary N) is 1. The molecule has 25 heavy (non-hydrogen) atoms. The molecule has 0 unspecified atom stereocenters. The zero-order chi connectivity index (χ0) is 16.7. The molecule has 7 nitrogen and oxygen atoms in total. The highest BCUT2D eigenvalue weighted by atomic mass is 35.5. The Kier molecular flexibility index (Phi) is 4.71. The highest BCUT2D eigenvalue weighted by Gasteiger charge is 2.26. The van der Waals surface area contributed by atoms with Crippen molar-refractivity contribution in [3.63, 3.8) is 0 Å². The molecule has 8 heteroatoms. The summed E-state index contributed by atoms with van der Waals surface area (Å²) >= 11 is 0. The Morgan fingerprint density at radius 1 is 1.20 bits per heavy atom. The number of ether oxygens (including phenoxy) is 1. The Morgan fingerprint density at radius 3 is 2.84 bits per heavy atom. The van der Waals surface area contributed by atoms with Crippen LogP contribution in [-0.2, 0) is 6.54 Å². The van der Waals surface area contributed by atoms with Crippen molar-refractivity contribution in [2.24, 2.45) is 0 Å². The van der Waals surface area contributed by atoms with E-state index in [1.807, 2.05) is 16.8 Å². The Labute approximate surface area is 150 Å². The lowest BCUT2D eigenvalue weighted by Gasteiger charge is -2.18. The number of aliphatic hydroxyl groups excluding tert-OH is 1. The third kappa shape index (κ3) is 2.86. The Hall–Kier alpha value is -2.48. The highest BCUT2D eigenvalue weighted by Crippen LogP contribution is 2.49. The quantitative estimate of drug-likeness (QED) is 0.320. The summed E-state index contributed by atoms with van der Waals surface area (Å²) in [6.07, 6.45) is 0. The fourth-order valence-electron chi connectivity index (χ4n) is 3.02. The number of hydrogen-bond donors (Lipinski definition) is 4. The number of phenols is 1. The molecule has 0 atom stereocenters. The van der Waals surface area contributed by atoms with Crippen molar-refractivity contribution in [3.8, 4) is 28.5 Å². The van der Waals surface area contributed by atoms with Gasteiger partial charge in [0.2, 0.25) is 0 Å². The van der Waals surface area contributed by atoms with E-state index in [1.54, 1.807) is 18.2 Å². The minimum Gasteiger partial charge on any atom is -0.508 e. The topological polar surface area (TPSA) is 106 Å². The molecule has 3 aromatic rings. The average molecular weight is 363 g/mol. The number of phenolic OH excluding ortho intramolecular Hbond substituents is 1. The molecule has 0 saturated carbocycles. The van der Waals surface area contributed by atoms with Crippen molar-refractivity contribution in [1.29, 1.82) is 0 Å². The number of rotatable bonds is 5. The summed E-state index contributed by atoms with van der Waals surface area (Å²) in [5.41, 5.74) is 9.07. The number of aromatic hydroxyl groups is 1. The summed E-state index contributed by atoms with van der Waals surface area (Å²) in [5.74, 6) is 1.40. The number of nitrogens with one attached hydrogen (secondary N) is 1. The molecule has 132 valence electrons. The standard InChI is InChI=1S/C17H18N4O3.ClH/c18-12-2-3-13-15-16(20-21(13)7-5-19-6-8-22)11-9-10(23)1-4-14(11)24-17(12)15;/h1-4,9,19,22-23H,5-8,18H2;1H. The molecule has 0 bridgehead atoms. The minimum atomic E-state index is 0. The summed E-state index contributed by atoms with van der Waals surface area (Å²) in [6, 6.07) is 8.68. The van der Waals surface area contributed by atoms with E-state index in [0.717, 1.165) is 22.2 Å². The van der Waals surface area contributed by atoms with Crippen LogP contribution in [0.4, 0.5) is 5.69 Å². The first-order chi connectivity index (χ1) is 11.7. The largest absolute Gasteiger partial charge is 0.508 e. The molecule has 0 saturated heterocycles. The molecule has 1 aliphatic heterocycles. The lowest BCUT2D eigenvalue weighted by atomic mass is 10.0. The van der Waals surface area contributed by atoms with Gasteiger partial charge < -0.3 is 26.0 Å². The number of aliphatic hydroxyl groups is 1. The van der Waals surface area contributed by atoms with Gasteiger partial charge in [0, 0.05) is 18.7 Å². The van der Waals surface area contributed by atoms with Crippen LogP contribution in [0, 0.1) is 0 Å². The number of benzene rings is 2. The molecule has 0 aliphatic carbocycles. The van der Waals surface area contributed by atoms with Gasteiger partial charge in [-0.15, -0.1) is 12.4 Å². The van der Waals surface area contributed by atoms with Crippen LogP contribution in [0.15, 0.2) is 30.3 Å². The van der Waals surface area contributed by atoms with Gasteiger partial charge in [-0.1, -0.05) is 0 Å². The van der Waals surface area contributed by atoms with E-state index in [2.05, 4.69) is 5.32 Å². The van der Waals surface area contributed by atoms with Crippen LogP contribution in [-0.4, -0.2) is 39.7 Å². The molecule has 0 radical (unpaired) electrons. The summed E-state index contributed by atoms with van der Waals surface area (Å²) in [6.45, 7) is 1.98. The molecule has 5 N–H and O–H groups in total. The summed E-state index contributed by atoms with van der Waals surface area (Å²) < 4.78 is 7.84. The third-order valence-electron chi connectivity index (χ3n) is 4.12. The SMILES string of the molecule is Cl.Nc1ccc2c3c(nn2CCNCCO)-c2cc(O)ccc2Oc13.